The van der Waals surface area contributed by atoms with Crippen LogP contribution in [0.25, 0.3) is 11.0 Å². The third-order valence-corrected chi connectivity index (χ3v) is 4.85. The Bertz CT molecular complexity index is 1060. The normalized spacial score (nSPS) is 11.8. The maximum Gasteiger partial charge on any atom is 0.294 e. The molecule has 3 rings (SSSR count). The zero-order chi connectivity index (χ0) is 17.3. The second-order valence-corrected chi connectivity index (χ2v) is 7.09. The third-order valence-electron chi connectivity index (χ3n) is 3.90. The van der Waals surface area contributed by atoms with Crippen molar-refractivity contribution in [2.45, 2.75) is 24.7 Å². The Morgan fingerprint density at radius 3 is 2.58 bits per heavy atom. The van der Waals surface area contributed by atoms with E-state index in [4.69, 9.17) is 4.42 Å². The van der Waals surface area contributed by atoms with Crippen LogP contribution in [-0.2, 0) is 23.0 Å². The van der Waals surface area contributed by atoms with Crippen LogP contribution in [0.2, 0.25) is 0 Å². The topological polar surface area (TPSA) is 84.6 Å². The molecule has 1 heterocycles. The van der Waals surface area contributed by atoms with E-state index in [1.165, 1.54) is 18.4 Å². The Balaban J connectivity index is 1.93. The van der Waals surface area contributed by atoms with E-state index in [9.17, 15) is 17.8 Å². The standard InChI is InChI=1S/C18H16O5S/c1-12-2-7-18(24(20,21)22)14(10-12)5-3-13-4-6-17-15(11-13)16(19)8-9-23-17/h2,4,6-11H,3,5H2,1H3,(H,20,21,22). The maximum absolute atomic E-state index is 11.9. The number of aryl methyl sites for hydroxylation is 3. The first-order chi connectivity index (χ1) is 11.3. The van der Waals surface area contributed by atoms with Crippen LogP contribution in [0.4, 0.5) is 0 Å². The molecule has 1 N–H and O–H groups in total. The van der Waals surface area contributed by atoms with Crippen LogP contribution in [0, 0.1) is 6.92 Å². The number of hydrogen-bond donors (Lipinski definition) is 1. The summed E-state index contributed by atoms with van der Waals surface area (Å²) in [6, 6.07) is 11.5. The summed E-state index contributed by atoms with van der Waals surface area (Å²) in [5, 5.41) is 0.495. The zero-order valence-electron chi connectivity index (χ0n) is 13.0. The lowest BCUT2D eigenvalue weighted by Gasteiger charge is -2.09. The molecule has 124 valence electrons. The Labute approximate surface area is 139 Å². The second kappa shape index (κ2) is 6.22. The van der Waals surface area contributed by atoms with Crippen molar-refractivity contribution >= 4 is 21.1 Å². The van der Waals surface area contributed by atoms with Gasteiger partial charge in [0.05, 0.1) is 16.5 Å². The Morgan fingerprint density at radius 1 is 1.04 bits per heavy atom. The van der Waals surface area contributed by atoms with Crippen molar-refractivity contribution in [3.8, 4) is 0 Å². The van der Waals surface area contributed by atoms with Gasteiger partial charge in [-0.2, -0.15) is 8.42 Å². The van der Waals surface area contributed by atoms with Crippen molar-refractivity contribution in [3.05, 3.63) is 75.6 Å². The summed E-state index contributed by atoms with van der Waals surface area (Å²) in [5.74, 6) is 0. The SMILES string of the molecule is Cc1ccc(S(=O)(=O)O)c(CCc2ccc3occc(=O)c3c2)c1. The molecule has 6 heteroatoms. The van der Waals surface area contributed by atoms with Crippen LogP contribution in [0.1, 0.15) is 16.7 Å². The summed E-state index contributed by atoms with van der Waals surface area (Å²) >= 11 is 0. The molecule has 2 aromatic carbocycles. The quantitative estimate of drug-likeness (QED) is 0.735. The molecule has 0 radical (unpaired) electrons. The molecule has 0 atom stereocenters. The summed E-state index contributed by atoms with van der Waals surface area (Å²) < 4.78 is 37.6. The highest BCUT2D eigenvalue weighted by Crippen LogP contribution is 2.20. The van der Waals surface area contributed by atoms with Gasteiger partial charge in [-0.25, -0.2) is 0 Å². The molecule has 0 bridgehead atoms. The van der Waals surface area contributed by atoms with E-state index in [0.29, 0.717) is 29.4 Å². The maximum atomic E-state index is 11.9. The molecule has 0 saturated carbocycles. The molecule has 0 aliphatic heterocycles. The van der Waals surface area contributed by atoms with E-state index in [1.807, 2.05) is 13.0 Å². The molecular weight excluding hydrogens is 328 g/mol. The lowest BCUT2D eigenvalue weighted by molar-refractivity contribution is 0.482. The Morgan fingerprint density at radius 2 is 1.83 bits per heavy atom. The highest BCUT2D eigenvalue weighted by molar-refractivity contribution is 7.85. The van der Waals surface area contributed by atoms with Gasteiger partial charge in [-0.1, -0.05) is 23.8 Å². The summed E-state index contributed by atoms with van der Waals surface area (Å²) in [7, 11) is -4.26. The molecular formula is C18H16O5S. The summed E-state index contributed by atoms with van der Waals surface area (Å²) in [6.07, 6.45) is 2.33. The lowest BCUT2D eigenvalue weighted by Crippen LogP contribution is -2.05. The van der Waals surface area contributed by atoms with Crippen LogP contribution in [-0.4, -0.2) is 13.0 Å². The average molecular weight is 344 g/mol. The zero-order valence-corrected chi connectivity index (χ0v) is 13.8. The molecule has 0 saturated heterocycles. The summed E-state index contributed by atoms with van der Waals surface area (Å²) in [6.45, 7) is 1.86. The minimum Gasteiger partial charge on any atom is -0.464 e. The average Bonchev–Trinajstić information content (AvgIpc) is 2.52. The van der Waals surface area contributed by atoms with Gasteiger partial charge in [0.25, 0.3) is 10.1 Å². The summed E-state index contributed by atoms with van der Waals surface area (Å²) in [4.78, 5) is 11.8. The molecule has 5 nitrogen and oxygen atoms in total. The molecule has 0 fully saturated rings. The van der Waals surface area contributed by atoms with Gasteiger partial charge in [-0.05, 0) is 49.1 Å². The molecule has 1 aromatic heterocycles. The van der Waals surface area contributed by atoms with Crippen molar-refractivity contribution in [2.75, 3.05) is 0 Å². The van der Waals surface area contributed by atoms with E-state index in [0.717, 1.165) is 11.1 Å². The molecule has 0 amide bonds. The van der Waals surface area contributed by atoms with Crippen LogP contribution in [0.5, 0.6) is 0 Å². The molecule has 24 heavy (non-hydrogen) atoms. The minimum atomic E-state index is -4.26. The first-order valence-electron chi connectivity index (χ1n) is 7.42. The smallest absolute Gasteiger partial charge is 0.294 e. The van der Waals surface area contributed by atoms with E-state index in [1.54, 1.807) is 24.3 Å². The number of fused-ring (bicyclic) bond motifs is 1. The van der Waals surface area contributed by atoms with Crippen LogP contribution < -0.4 is 5.43 Å². The van der Waals surface area contributed by atoms with Crippen molar-refractivity contribution < 1.29 is 17.4 Å². The second-order valence-electron chi connectivity index (χ2n) is 5.70. The predicted molar refractivity (Wildman–Crippen MR) is 90.9 cm³/mol. The highest BCUT2D eigenvalue weighted by Gasteiger charge is 2.15. The molecule has 0 unspecified atom stereocenters. The monoisotopic (exact) mass is 344 g/mol. The number of rotatable bonds is 4. The van der Waals surface area contributed by atoms with Gasteiger partial charge >= 0.3 is 0 Å². The van der Waals surface area contributed by atoms with E-state index < -0.39 is 10.1 Å². The van der Waals surface area contributed by atoms with Crippen molar-refractivity contribution in [1.82, 2.24) is 0 Å². The van der Waals surface area contributed by atoms with Gasteiger partial charge in [0.15, 0.2) is 5.43 Å². The van der Waals surface area contributed by atoms with Crippen LogP contribution in [0.3, 0.4) is 0 Å². The lowest BCUT2D eigenvalue weighted by atomic mass is 10.0. The number of hydrogen-bond acceptors (Lipinski definition) is 4. The Kier molecular flexibility index (Phi) is 4.26. The number of benzene rings is 2. The van der Waals surface area contributed by atoms with Gasteiger partial charge in [0.2, 0.25) is 0 Å². The Hall–Kier alpha value is -2.44. The van der Waals surface area contributed by atoms with Crippen molar-refractivity contribution in [1.29, 1.82) is 0 Å². The van der Waals surface area contributed by atoms with Gasteiger partial charge < -0.3 is 4.42 Å². The largest absolute Gasteiger partial charge is 0.464 e. The fourth-order valence-corrected chi connectivity index (χ4v) is 3.45. The van der Waals surface area contributed by atoms with E-state index in [2.05, 4.69) is 0 Å². The van der Waals surface area contributed by atoms with Crippen LogP contribution in [0.15, 0.2) is 62.8 Å². The van der Waals surface area contributed by atoms with Gasteiger partial charge in [0.1, 0.15) is 5.58 Å². The molecule has 0 aliphatic carbocycles. The predicted octanol–water partition coefficient (Wildman–Crippen LogP) is 3.13. The first kappa shape index (κ1) is 16.4. The van der Waals surface area contributed by atoms with Gasteiger partial charge in [-0.3, -0.25) is 9.35 Å². The fraction of sp³-hybridized carbons (Fsp3) is 0.167. The molecule has 3 aromatic rings. The van der Waals surface area contributed by atoms with E-state index >= 15 is 0 Å². The molecule has 0 aliphatic rings. The highest BCUT2D eigenvalue weighted by atomic mass is 32.2. The fourth-order valence-electron chi connectivity index (χ4n) is 2.72. The van der Waals surface area contributed by atoms with Crippen LogP contribution >= 0.6 is 0 Å². The third kappa shape index (κ3) is 3.39. The van der Waals surface area contributed by atoms with E-state index in [-0.39, 0.29) is 10.3 Å². The van der Waals surface area contributed by atoms with Gasteiger partial charge in [-0.15, -0.1) is 0 Å². The molecule has 0 spiro atoms. The van der Waals surface area contributed by atoms with Crippen molar-refractivity contribution in [3.63, 3.8) is 0 Å². The summed E-state index contributed by atoms with van der Waals surface area (Å²) in [5.41, 5.74) is 2.76. The van der Waals surface area contributed by atoms with Gasteiger partial charge in [0, 0.05) is 6.07 Å². The minimum absolute atomic E-state index is 0.0756. The first-order valence-corrected chi connectivity index (χ1v) is 8.86. The van der Waals surface area contributed by atoms with Crippen molar-refractivity contribution in [2.24, 2.45) is 0 Å².